The lowest BCUT2D eigenvalue weighted by Gasteiger charge is -2.17. The molecule has 8 heteroatoms. The lowest BCUT2D eigenvalue weighted by atomic mass is 10.2. The minimum absolute atomic E-state index is 0. The van der Waals surface area contributed by atoms with Crippen molar-refractivity contribution in [3.05, 3.63) is 18.2 Å². The van der Waals surface area contributed by atoms with Crippen molar-refractivity contribution in [2.24, 2.45) is 0 Å². The van der Waals surface area contributed by atoms with Crippen LogP contribution in [0.2, 0.25) is 0 Å². The Hall–Kier alpha value is -1.99. The Labute approximate surface area is 136 Å². The number of methoxy groups -OCH3 is 2. The molecule has 0 aromatic heterocycles. The van der Waals surface area contributed by atoms with Crippen molar-refractivity contribution in [1.82, 2.24) is 10.2 Å². The second kappa shape index (κ2) is 9.86. The Morgan fingerprint density at radius 3 is 2.14 bits per heavy atom. The number of nitrogens with one attached hydrogen (secondary N) is 2. The van der Waals surface area contributed by atoms with Crippen molar-refractivity contribution in [3.63, 3.8) is 0 Å². The SMILES string of the molecule is CNCC(=O)N(C)CC(=O)Nc1cc(OC)cc(OC)c1.Cl. The van der Waals surface area contributed by atoms with Crippen molar-refractivity contribution in [3.8, 4) is 11.5 Å². The Morgan fingerprint density at radius 2 is 1.68 bits per heavy atom. The van der Waals surface area contributed by atoms with Crippen LogP contribution in [0.5, 0.6) is 11.5 Å². The van der Waals surface area contributed by atoms with Crippen LogP contribution in [0.4, 0.5) is 5.69 Å². The quantitative estimate of drug-likeness (QED) is 0.770. The molecule has 0 radical (unpaired) electrons. The van der Waals surface area contributed by atoms with Gasteiger partial charge in [-0.2, -0.15) is 0 Å². The summed E-state index contributed by atoms with van der Waals surface area (Å²) in [7, 11) is 6.31. The number of carbonyl (C=O) groups is 2. The molecular formula is C14H22ClN3O4. The fraction of sp³-hybridized carbons (Fsp3) is 0.429. The van der Waals surface area contributed by atoms with Crippen LogP contribution in [0, 0.1) is 0 Å². The van der Waals surface area contributed by atoms with E-state index in [0.717, 1.165) is 0 Å². The number of benzene rings is 1. The van der Waals surface area contributed by atoms with E-state index in [9.17, 15) is 9.59 Å². The summed E-state index contributed by atoms with van der Waals surface area (Å²) in [6.45, 7) is 0.163. The maximum Gasteiger partial charge on any atom is 0.243 e. The van der Waals surface area contributed by atoms with Crippen LogP contribution in [0.15, 0.2) is 18.2 Å². The Morgan fingerprint density at radius 1 is 1.14 bits per heavy atom. The summed E-state index contributed by atoms with van der Waals surface area (Å²) in [4.78, 5) is 24.8. The minimum Gasteiger partial charge on any atom is -0.497 e. The van der Waals surface area contributed by atoms with Gasteiger partial charge in [0.15, 0.2) is 0 Å². The van der Waals surface area contributed by atoms with Gasteiger partial charge in [0.1, 0.15) is 11.5 Å². The smallest absolute Gasteiger partial charge is 0.243 e. The van der Waals surface area contributed by atoms with E-state index in [1.807, 2.05) is 0 Å². The van der Waals surface area contributed by atoms with Gasteiger partial charge in [0.2, 0.25) is 11.8 Å². The number of halogens is 1. The van der Waals surface area contributed by atoms with Gasteiger partial charge in [0.25, 0.3) is 0 Å². The zero-order chi connectivity index (χ0) is 15.8. The summed E-state index contributed by atoms with van der Waals surface area (Å²) in [5.41, 5.74) is 0.547. The summed E-state index contributed by atoms with van der Waals surface area (Å²) in [6.07, 6.45) is 0. The van der Waals surface area contributed by atoms with Crippen molar-refractivity contribution < 1.29 is 19.1 Å². The molecule has 0 saturated heterocycles. The van der Waals surface area contributed by atoms with Gasteiger partial charge >= 0.3 is 0 Å². The second-order valence-electron chi connectivity index (χ2n) is 4.43. The van der Waals surface area contributed by atoms with Gasteiger partial charge in [-0.1, -0.05) is 0 Å². The molecule has 1 aromatic carbocycles. The first-order chi connectivity index (χ1) is 9.99. The number of nitrogens with zero attached hydrogens (tertiary/aromatic N) is 1. The summed E-state index contributed by atoms with van der Waals surface area (Å²) in [5, 5.41) is 5.45. The highest BCUT2D eigenvalue weighted by Gasteiger charge is 2.13. The topological polar surface area (TPSA) is 79.9 Å². The van der Waals surface area contributed by atoms with Crippen molar-refractivity contribution in [1.29, 1.82) is 0 Å². The van der Waals surface area contributed by atoms with Gasteiger partial charge in [0.05, 0.1) is 27.3 Å². The van der Waals surface area contributed by atoms with Crippen LogP contribution in [0.3, 0.4) is 0 Å². The fourth-order valence-corrected chi connectivity index (χ4v) is 1.67. The molecule has 0 spiro atoms. The third kappa shape index (κ3) is 6.19. The summed E-state index contributed by atoms with van der Waals surface area (Å²) in [6, 6.07) is 5.06. The largest absolute Gasteiger partial charge is 0.497 e. The maximum absolute atomic E-state index is 11.9. The molecule has 0 aliphatic heterocycles. The summed E-state index contributed by atoms with van der Waals surface area (Å²) >= 11 is 0. The molecule has 0 aliphatic rings. The monoisotopic (exact) mass is 331 g/mol. The molecule has 7 nitrogen and oxygen atoms in total. The summed E-state index contributed by atoms with van der Waals surface area (Å²) < 4.78 is 10.3. The number of hydrogen-bond acceptors (Lipinski definition) is 5. The van der Waals surface area contributed by atoms with Gasteiger partial charge in [0, 0.05) is 30.9 Å². The molecule has 0 aliphatic carbocycles. The molecule has 124 valence electrons. The molecule has 1 aromatic rings. The van der Waals surface area contributed by atoms with Crippen molar-refractivity contribution in [2.75, 3.05) is 46.7 Å². The van der Waals surface area contributed by atoms with Gasteiger partial charge in [-0.15, -0.1) is 12.4 Å². The van der Waals surface area contributed by atoms with E-state index in [1.54, 1.807) is 32.3 Å². The molecule has 0 fully saturated rings. The predicted molar refractivity (Wildman–Crippen MR) is 87.0 cm³/mol. The molecule has 0 bridgehead atoms. The highest BCUT2D eigenvalue weighted by atomic mass is 35.5. The average molecular weight is 332 g/mol. The van der Waals surface area contributed by atoms with Crippen LogP contribution < -0.4 is 20.1 Å². The highest BCUT2D eigenvalue weighted by Crippen LogP contribution is 2.25. The number of likely N-dealkylation sites (N-methyl/N-ethyl adjacent to an activating group) is 2. The Balaban J connectivity index is 0.00000441. The molecule has 0 unspecified atom stereocenters. The molecule has 0 saturated carbocycles. The van der Waals surface area contributed by atoms with E-state index < -0.39 is 0 Å². The average Bonchev–Trinajstić information content (AvgIpc) is 2.46. The third-order valence-electron chi connectivity index (χ3n) is 2.77. The van der Waals surface area contributed by atoms with E-state index >= 15 is 0 Å². The molecule has 0 heterocycles. The predicted octanol–water partition coefficient (Wildman–Crippen LogP) is 0.742. The molecule has 1 rings (SSSR count). The number of rotatable bonds is 7. The van der Waals surface area contributed by atoms with E-state index in [4.69, 9.17) is 9.47 Å². The molecule has 2 amide bonds. The fourth-order valence-electron chi connectivity index (χ4n) is 1.67. The van der Waals surface area contributed by atoms with E-state index in [-0.39, 0.29) is 37.3 Å². The number of anilines is 1. The van der Waals surface area contributed by atoms with Crippen LogP contribution >= 0.6 is 12.4 Å². The van der Waals surface area contributed by atoms with E-state index in [1.165, 1.54) is 19.1 Å². The minimum atomic E-state index is -0.294. The standard InChI is InChI=1S/C14H21N3O4.ClH/c1-15-8-14(19)17(2)9-13(18)16-10-5-11(20-3)7-12(6-10)21-4;/h5-7,15H,8-9H2,1-4H3,(H,16,18);1H. The van der Waals surface area contributed by atoms with Crippen molar-refractivity contribution >= 4 is 29.9 Å². The molecule has 0 atom stereocenters. The van der Waals surface area contributed by atoms with Crippen LogP contribution in [-0.2, 0) is 9.59 Å². The molecule has 22 heavy (non-hydrogen) atoms. The number of hydrogen-bond donors (Lipinski definition) is 2. The van der Waals surface area contributed by atoms with Crippen LogP contribution in [0.1, 0.15) is 0 Å². The molecular weight excluding hydrogens is 310 g/mol. The first-order valence-corrected chi connectivity index (χ1v) is 6.41. The zero-order valence-corrected chi connectivity index (χ0v) is 14.0. The van der Waals surface area contributed by atoms with E-state index in [2.05, 4.69) is 10.6 Å². The zero-order valence-electron chi connectivity index (χ0n) is 13.1. The molecule has 2 N–H and O–H groups in total. The Kier molecular flexibility index (Phi) is 8.97. The normalized spacial score (nSPS) is 9.45. The van der Waals surface area contributed by atoms with Gasteiger partial charge < -0.3 is 25.0 Å². The van der Waals surface area contributed by atoms with Crippen LogP contribution in [-0.4, -0.2) is 58.1 Å². The first kappa shape index (κ1) is 20.0. The number of ether oxygens (including phenoxy) is 2. The third-order valence-corrected chi connectivity index (χ3v) is 2.77. The van der Waals surface area contributed by atoms with Crippen LogP contribution in [0.25, 0.3) is 0 Å². The lowest BCUT2D eigenvalue weighted by Crippen LogP contribution is -2.39. The Bertz CT molecular complexity index is 489. The first-order valence-electron chi connectivity index (χ1n) is 6.41. The van der Waals surface area contributed by atoms with Gasteiger partial charge in [-0.3, -0.25) is 9.59 Å². The second-order valence-corrected chi connectivity index (χ2v) is 4.43. The van der Waals surface area contributed by atoms with Gasteiger partial charge in [-0.25, -0.2) is 0 Å². The summed E-state index contributed by atoms with van der Waals surface area (Å²) in [5.74, 6) is 0.696. The number of carbonyl (C=O) groups excluding carboxylic acids is 2. The van der Waals surface area contributed by atoms with Gasteiger partial charge in [-0.05, 0) is 7.05 Å². The number of amides is 2. The van der Waals surface area contributed by atoms with Crippen molar-refractivity contribution in [2.45, 2.75) is 0 Å². The highest BCUT2D eigenvalue weighted by molar-refractivity contribution is 5.95. The maximum atomic E-state index is 11.9. The lowest BCUT2D eigenvalue weighted by molar-refractivity contribution is -0.132. The van der Waals surface area contributed by atoms with E-state index in [0.29, 0.717) is 17.2 Å².